The molecular formula is C30H32F4N6O6S2. The van der Waals surface area contributed by atoms with Gasteiger partial charge in [0.05, 0.1) is 26.3 Å². The van der Waals surface area contributed by atoms with Gasteiger partial charge in [-0.05, 0) is 36.8 Å². The van der Waals surface area contributed by atoms with Crippen LogP contribution < -0.4 is 0 Å². The van der Waals surface area contributed by atoms with Gasteiger partial charge in [-0.15, -0.1) is 0 Å². The van der Waals surface area contributed by atoms with Crippen molar-refractivity contribution in [3.8, 4) is 0 Å². The second-order valence-electron chi connectivity index (χ2n) is 11.0. The fraction of sp³-hybridized carbons (Fsp3) is 0.400. The third-order valence-corrected chi connectivity index (χ3v) is 9.54. The molecule has 12 nitrogen and oxygen atoms in total. The van der Waals surface area contributed by atoms with Gasteiger partial charge in [-0.1, -0.05) is 26.0 Å². The summed E-state index contributed by atoms with van der Waals surface area (Å²) in [6.45, 7) is 2.38. The van der Waals surface area contributed by atoms with Gasteiger partial charge in [-0.3, -0.25) is 0 Å². The molecule has 0 radical (unpaired) electrons. The summed E-state index contributed by atoms with van der Waals surface area (Å²) in [5.41, 5.74) is -4.07. The van der Waals surface area contributed by atoms with Crippen molar-refractivity contribution in [3.63, 3.8) is 0 Å². The fourth-order valence-corrected chi connectivity index (χ4v) is 6.14. The molecule has 0 aliphatic carbocycles. The van der Waals surface area contributed by atoms with Crippen molar-refractivity contribution in [2.75, 3.05) is 13.2 Å². The van der Waals surface area contributed by atoms with Crippen LogP contribution in [0, 0.1) is 35.1 Å². The molecule has 0 unspecified atom stereocenters. The van der Waals surface area contributed by atoms with Gasteiger partial charge >= 0.3 is 10.6 Å². The van der Waals surface area contributed by atoms with Gasteiger partial charge in [0.15, 0.2) is 0 Å². The highest BCUT2D eigenvalue weighted by Crippen LogP contribution is 2.37. The molecule has 18 heteroatoms. The lowest BCUT2D eigenvalue weighted by Crippen LogP contribution is -2.40. The number of nitrogens with zero attached hydrogens (tertiary/aromatic N) is 6. The van der Waals surface area contributed by atoms with E-state index in [9.17, 15) is 37.4 Å². The maximum absolute atomic E-state index is 14.7. The summed E-state index contributed by atoms with van der Waals surface area (Å²) in [5, 5.41) is 29.3. The largest absolute Gasteiger partial charge is 0.457 e. The molecule has 48 heavy (non-hydrogen) atoms. The Bertz CT molecular complexity index is 1550. The topological polar surface area (TPSA) is 154 Å². The Morgan fingerprint density at radius 3 is 1.48 bits per heavy atom. The first-order chi connectivity index (χ1) is 22.8. The number of aliphatic hydroxyl groups is 2. The van der Waals surface area contributed by atoms with Crippen LogP contribution >= 0.6 is 21.6 Å². The minimum Gasteiger partial charge on any atom is -0.457 e. The third-order valence-electron chi connectivity index (χ3n) is 7.88. The molecule has 2 aromatic heterocycles. The van der Waals surface area contributed by atoms with Crippen LogP contribution in [0.2, 0.25) is 0 Å². The fourth-order valence-electron chi connectivity index (χ4n) is 5.05. The molecule has 0 fully saturated rings. The molecular weight excluding hydrogens is 680 g/mol. The molecule has 258 valence electrons. The number of hydrogen-bond acceptors (Lipinski definition) is 12. The SMILES string of the molecule is C[C@H](CCOC(=O)SSC(=O)OCC[C@@H](C)[C@](O)(Cn1cncn1)c1ccc(F)cc1F)[C@](O)(Cn1cncn1)c1ccc(F)cc1F. The zero-order valence-corrected chi connectivity index (χ0v) is 27.3. The van der Waals surface area contributed by atoms with Crippen LogP contribution in [0.25, 0.3) is 0 Å². The van der Waals surface area contributed by atoms with Crippen LogP contribution in [0.1, 0.15) is 37.8 Å². The molecule has 4 rings (SSSR count). The van der Waals surface area contributed by atoms with E-state index in [2.05, 4.69) is 20.2 Å². The highest BCUT2D eigenvalue weighted by molar-refractivity contribution is 8.86. The Balaban J connectivity index is 1.25. The second-order valence-corrected chi connectivity index (χ2v) is 13.0. The van der Waals surface area contributed by atoms with Crippen LogP contribution in [0.3, 0.4) is 0 Å². The van der Waals surface area contributed by atoms with E-state index in [0.29, 0.717) is 33.7 Å². The van der Waals surface area contributed by atoms with Crippen molar-refractivity contribution in [1.82, 2.24) is 29.5 Å². The van der Waals surface area contributed by atoms with E-state index >= 15 is 0 Å². The Labute approximate surface area is 280 Å². The number of carbonyl (C=O) groups is 2. The summed E-state index contributed by atoms with van der Waals surface area (Å²) in [4.78, 5) is 32.2. The lowest BCUT2D eigenvalue weighted by molar-refractivity contribution is -0.0465. The van der Waals surface area contributed by atoms with E-state index in [1.807, 2.05) is 0 Å². The average molecular weight is 713 g/mol. The van der Waals surface area contributed by atoms with Gasteiger partial charge in [0.1, 0.15) is 59.8 Å². The highest BCUT2D eigenvalue weighted by atomic mass is 33.1. The number of aromatic nitrogens is 6. The molecule has 2 heterocycles. The monoisotopic (exact) mass is 712 g/mol. The maximum Gasteiger partial charge on any atom is 0.378 e. The lowest BCUT2D eigenvalue weighted by Gasteiger charge is -2.34. The molecule has 0 saturated heterocycles. The summed E-state index contributed by atoms with van der Waals surface area (Å²) in [5.74, 6) is -4.97. The number of carbonyl (C=O) groups excluding carboxylic acids is 2. The Kier molecular flexibility index (Phi) is 12.6. The van der Waals surface area contributed by atoms with Crippen molar-refractivity contribution in [1.29, 1.82) is 0 Å². The zero-order valence-electron chi connectivity index (χ0n) is 25.7. The minimum absolute atomic E-state index is 0.0630. The predicted octanol–water partition coefficient (Wildman–Crippen LogP) is 5.61. The van der Waals surface area contributed by atoms with Gasteiger partial charge in [-0.2, -0.15) is 10.2 Å². The minimum atomic E-state index is -1.87. The smallest absolute Gasteiger partial charge is 0.378 e. The van der Waals surface area contributed by atoms with Crippen LogP contribution in [0.5, 0.6) is 0 Å². The van der Waals surface area contributed by atoms with E-state index < -0.39 is 56.9 Å². The summed E-state index contributed by atoms with van der Waals surface area (Å²) < 4.78 is 69.5. The third kappa shape index (κ3) is 9.33. The van der Waals surface area contributed by atoms with Crippen molar-refractivity contribution in [2.45, 2.75) is 51.0 Å². The molecule has 0 amide bonds. The van der Waals surface area contributed by atoms with Gasteiger partial charge in [-0.25, -0.2) is 46.5 Å². The van der Waals surface area contributed by atoms with Crippen molar-refractivity contribution < 1.29 is 46.8 Å². The molecule has 2 aromatic carbocycles. The summed E-state index contributed by atoms with van der Waals surface area (Å²) >= 11 is 0. The first kappa shape index (κ1) is 36.8. The van der Waals surface area contributed by atoms with Crippen molar-refractivity contribution in [2.24, 2.45) is 11.8 Å². The molecule has 2 N–H and O–H groups in total. The van der Waals surface area contributed by atoms with Crippen molar-refractivity contribution >= 4 is 32.2 Å². The summed E-state index contributed by atoms with van der Waals surface area (Å²) in [6.07, 6.45) is 5.27. The number of rotatable bonds is 14. The van der Waals surface area contributed by atoms with Crippen LogP contribution in [-0.4, -0.2) is 63.6 Å². The van der Waals surface area contributed by atoms with Crippen LogP contribution in [0.15, 0.2) is 61.7 Å². The average Bonchev–Trinajstić information content (AvgIpc) is 3.74. The van der Waals surface area contributed by atoms with Crippen molar-refractivity contribution in [3.05, 3.63) is 96.1 Å². The lowest BCUT2D eigenvalue weighted by atomic mass is 9.80. The van der Waals surface area contributed by atoms with Crippen LogP contribution in [0.4, 0.5) is 27.2 Å². The summed E-state index contributed by atoms with van der Waals surface area (Å²) in [6, 6.07) is 5.65. The van der Waals surface area contributed by atoms with E-state index in [0.717, 1.165) is 24.3 Å². The first-order valence-corrected chi connectivity index (χ1v) is 16.7. The van der Waals surface area contributed by atoms with Crippen LogP contribution in [-0.2, 0) is 33.8 Å². The van der Waals surface area contributed by atoms with Gasteiger partial charge in [0.2, 0.25) is 0 Å². The molecule has 0 bridgehead atoms. The van der Waals surface area contributed by atoms with E-state index in [4.69, 9.17) is 9.47 Å². The Hall–Kier alpha value is -4.00. The number of halogens is 4. The molecule has 0 aliphatic heterocycles. The molecule has 0 saturated carbocycles. The number of benzene rings is 2. The summed E-state index contributed by atoms with van der Waals surface area (Å²) in [7, 11) is 0.913. The van der Waals surface area contributed by atoms with Gasteiger partial charge < -0.3 is 19.7 Å². The van der Waals surface area contributed by atoms with E-state index in [1.54, 1.807) is 13.8 Å². The normalized spacial score (nSPS) is 15.2. The maximum atomic E-state index is 14.7. The highest BCUT2D eigenvalue weighted by Gasteiger charge is 2.40. The van der Waals surface area contributed by atoms with Gasteiger partial charge in [0.25, 0.3) is 0 Å². The quantitative estimate of drug-likeness (QED) is 0.0949. The molecule has 0 spiro atoms. The zero-order chi connectivity index (χ0) is 34.9. The first-order valence-electron chi connectivity index (χ1n) is 14.5. The molecule has 4 atom stereocenters. The number of hydrogen-bond donors (Lipinski definition) is 2. The molecule has 0 aliphatic rings. The standard InChI is InChI=1S/C30H32F4N6O6S2/c1-19(29(43,13-39-17-35-15-37-39)23-5-3-21(31)11-25(23)33)7-9-45-27(41)47-48-28(42)46-10-8-20(2)30(44,14-40-18-36-16-38-40)24-6-4-22(32)12-26(24)34/h3-6,11-12,15-20,43-44H,7-10,13-14H2,1-2H3/t19-,20-,29-,30-/m1/s1. The Morgan fingerprint density at radius 2 is 1.15 bits per heavy atom. The van der Waals surface area contributed by atoms with Gasteiger partial charge in [0, 0.05) is 44.8 Å². The Morgan fingerprint density at radius 1 is 0.750 bits per heavy atom. The van der Waals surface area contributed by atoms with E-state index in [1.165, 1.54) is 34.7 Å². The number of ether oxygens (including phenoxy) is 2. The van der Waals surface area contributed by atoms with E-state index in [-0.39, 0.29) is 50.3 Å². The second kappa shape index (κ2) is 16.4. The predicted molar refractivity (Wildman–Crippen MR) is 166 cm³/mol. The molecule has 4 aromatic rings.